The van der Waals surface area contributed by atoms with E-state index in [0.29, 0.717) is 6.61 Å². The normalized spacial score (nSPS) is 9.95. The highest BCUT2D eigenvalue weighted by Crippen LogP contribution is 2.16. The maximum atomic E-state index is 5.62. The predicted octanol–water partition coefficient (Wildman–Crippen LogP) is 3.58. The van der Waals surface area contributed by atoms with Gasteiger partial charge < -0.3 is 14.8 Å². The minimum atomic E-state index is 0.709. The SMILES string of the molecule is COc1cccc(NCCCOc2ccccc2)c1. The molecule has 100 valence electrons. The Labute approximate surface area is 114 Å². The third-order valence-electron chi connectivity index (χ3n) is 2.73. The van der Waals surface area contributed by atoms with Crippen LogP contribution in [0.2, 0.25) is 0 Å². The molecule has 3 nitrogen and oxygen atoms in total. The first-order valence-electron chi connectivity index (χ1n) is 6.44. The Morgan fingerprint density at radius 2 is 1.74 bits per heavy atom. The molecule has 0 fully saturated rings. The Morgan fingerprint density at radius 3 is 2.53 bits per heavy atom. The third kappa shape index (κ3) is 4.54. The summed E-state index contributed by atoms with van der Waals surface area (Å²) in [5.41, 5.74) is 1.07. The molecule has 0 radical (unpaired) electrons. The summed E-state index contributed by atoms with van der Waals surface area (Å²) in [6.45, 7) is 1.58. The van der Waals surface area contributed by atoms with Crippen molar-refractivity contribution in [1.29, 1.82) is 0 Å². The van der Waals surface area contributed by atoms with Gasteiger partial charge >= 0.3 is 0 Å². The van der Waals surface area contributed by atoms with E-state index >= 15 is 0 Å². The van der Waals surface area contributed by atoms with Crippen LogP contribution in [0.1, 0.15) is 6.42 Å². The Morgan fingerprint density at radius 1 is 0.947 bits per heavy atom. The number of ether oxygens (including phenoxy) is 2. The summed E-state index contributed by atoms with van der Waals surface area (Å²) in [6, 6.07) is 17.8. The number of hydrogen-bond donors (Lipinski definition) is 1. The lowest BCUT2D eigenvalue weighted by atomic mass is 10.3. The second-order valence-corrected chi connectivity index (χ2v) is 4.17. The monoisotopic (exact) mass is 257 g/mol. The highest BCUT2D eigenvalue weighted by Gasteiger charge is 1.95. The molecule has 0 saturated heterocycles. The van der Waals surface area contributed by atoms with Gasteiger partial charge in [-0.15, -0.1) is 0 Å². The Balaban J connectivity index is 1.66. The molecular weight excluding hydrogens is 238 g/mol. The lowest BCUT2D eigenvalue weighted by molar-refractivity contribution is 0.315. The molecule has 3 heteroatoms. The van der Waals surface area contributed by atoms with Crippen molar-refractivity contribution in [2.24, 2.45) is 0 Å². The zero-order chi connectivity index (χ0) is 13.3. The first-order chi connectivity index (χ1) is 9.38. The number of benzene rings is 2. The second kappa shape index (κ2) is 7.31. The van der Waals surface area contributed by atoms with Crippen LogP contribution in [-0.4, -0.2) is 20.3 Å². The van der Waals surface area contributed by atoms with Gasteiger partial charge in [-0.25, -0.2) is 0 Å². The molecule has 2 aromatic rings. The maximum absolute atomic E-state index is 5.62. The van der Waals surface area contributed by atoms with Crippen LogP contribution in [0.25, 0.3) is 0 Å². The van der Waals surface area contributed by atoms with Crippen molar-refractivity contribution in [1.82, 2.24) is 0 Å². The molecule has 0 aliphatic heterocycles. The summed E-state index contributed by atoms with van der Waals surface area (Å²) >= 11 is 0. The fourth-order valence-corrected chi connectivity index (χ4v) is 1.74. The molecule has 0 spiro atoms. The van der Waals surface area contributed by atoms with E-state index in [9.17, 15) is 0 Å². The fraction of sp³-hybridized carbons (Fsp3) is 0.250. The molecule has 0 bridgehead atoms. The van der Waals surface area contributed by atoms with Crippen molar-refractivity contribution < 1.29 is 9.47 Å². The van der Waals surface area contributed by atoms with E-state index in [2.05, 4.69) is 5.32 Å². The van der Waals surface area contributed by atoms with Gasteiger partial charge in [0.1, 0.15) is 11.5 Å². The zero-order valence-electron chi connectivity index (χ0n) is 11.1. The van der Waals surface area contributed by atoms with Crippen LogP contribution in [0, 0.1) is 0 Å². The number of nitrogens with one attached hydrogen (secondary N) is 1. The maximum Gasteiger partial charge on any atom is 0.120 e. The lowest BCUT2D eigenvalue weighted by Crippen LogP contribution is -2.07. The molecule has 0 atom stereocenters. The average Bonchev–Trinajstić information content (AvgIpc) is 2.48. The zero-order valence-corrected chi connectivity index (χ0v) is 11.1. The highest BCUT2D eigenvalue weighted by atomic mass is 16.5. The van der Waals surface area contributed by atoms with Gasteiger partial charge in [-0.2, -0.15) is 0 Å². The molecule has 0 heterocycles. The molecule has 0 aliphatic carbocycles. The van der Waals surface area contributed by atoms with Crippen LogP contribution in [0.4, 0.5) is 5.69 Å². The average molecular weight is 257 g/mol. The minimum absolute atomic E-state index is 0.709. The van der Waals surface area contributed by atoms with Crippen molar-refractivity contribution >= 4 is 5.69 Å². The van der Waals surface area contributed by atoms with E-state index in [1.807, 2.05) is 54.6 Å². The van der Waals surface area contributed by atoms with Crippen molar-refractivity contribution in [3.05, 3.63) is 54.6 Å². The summed E-state index contributed by atoms with van der Waals surface area (Å²) in [6.07, 6.45) is 0.951. The second-order valence-electron chi connectivity index (χ2n) is 4.17. The molecule has 2 rings (SSSR count). The molecule has 0 saturated carbocycles. The van der Waals surface area contributed by atoms with Gasteiger partial charge in [-0.3, -0.25) is 0 Å². The molecule has 0 amide bonds. The quantitative estimate of drug-likeness (QED) is 0.769. The smallest absolute Gasteiger partial charge is 0.120 e. The van der Waals surface area contributed by atoms with Crippen LogP contribution in [-0.2, 0) is 0 Å². The van der Waals surface area contributed by atoms with Crippen LogP contribution in [0.5, 0.6) is 11.5 Å². The van der Waals surface area contributed by atoms with E-state index in [1.165, 1.54) is 0 Å². The summed E-state index contributed by atoms with van der Waals surface area (Å²) in [5, 5.41) is 3.35. The molecule has 0 aliphatic rings. The van der Waals surface area contributed by atoms with Gasteiger partial charge in [0.15, 0.2) is 0 Å². The van der Waals surface area contributed by atoms with Crippen LogP contribution < -0.4 is 14.8 Å². The number of para-hydroxylation sites is 1. The first kappa shape index (κ1) is 13.3. The van der Waals surface area contributed by atoms with Crippen molar-refractivity contribution in [2.45, 2.75) is 6.42 Å². The predicted molar refractivity (Wildman–Crippen MR) is 78.0 cm³/mol. The number of anilines is 1. The van der Waals surface area contributed by atoms with Gasteiger partial charge in [0, 0.05) is 18.3 Å². The van der Waals surface area contributed by atoms with Gasteiger partial charge in [-0.1, -0.05) is 24.3 Å². The largest absolute Gasteiger partial charge is 0.497 e. The molecule has 2 aromatic carbocycles. The van der Waals surface area contributed by atoms with E-state index in [4.69, 9.17) is 9.47 Å². The van der Waals surface area contributed by atoms with Crippen molar-refractivity contribution in [3.63, 3.8) is 0 Å². The van der Waals surface area contributed by atoms with Crippen LogP contribution in [0.15, 0.2) is 54.6 Å². The van der Waals surface area contributed by atoms with Gasteiger partial charge in [-0.05, 0) is 30.7 Å². The summed E-state index contributed by atoms with van der Waals surface area (Å²) in [4.78, 5) is 0. The van der Waals surface area contributed by atoms with E-state index in [1.54, 1.807) is 7.11 Å². The summed E-state index contributed by atoms with van der Waals surface area (Å²) in [5.74, 6) is 1.79. The molecule has 0 aromatic heterocycles. The molecule has 0 unspecified atom stereocenters. The Bertz CT molecular complexity index is 485. The number of rotatable bonds is 7. The molecule has 19 heavy (non-hydrogen) atoms. The van der Waals surface area contributed by atoms with E-state index in [-0.39, 0.29) is 0 Å². The van der Waals surface area contributed by atoms with Crippen LogP contribution >= 0.6 is 0 Å². The number of hydrogen-bond acceptors (Lipinski definition) is 3. The fourth-order valence-electron chi connectivity index (χ4n) is 1.74. The van der Waals surface area contributed by atoms with Crippen molar-refractivity contribution in [3.8, 4) is 11.5 Å². The summed E-state index contributed by atoms with van der Waals surface area (Å²) in [7, 11) is 1.67. The van der Waals surface area contributed by atoms with Crippen molar-refractivity contribution in [2.75, 3.05) is 25.6 Å². The standard InChI is InChI=1S/C16H19NO2/c1-18-16-10-5-7-14(13-16)17-11-6-12-19-15-8-3-2-4-9-15/h2-5,7-10,13,17H,6,11-12H2,1H3. The molecular formula is C16H19NO2. The lowest BCUT2D eigenvalue weighted by Gasteiger charge is -2.09. The van der Waals surface area contributed by atoms with Gasteiger partial charge in [0.05, 0.1) is 13.7 Å². The minimum Gasteiger partial charge on any atom is -0.497 e. The van der Waals surface area contributed by atoms with Gasteiger partial charge in [0.2, 0.25) is 0 Å². The molecule has 1 N–H and O–H groups in total. The number of methoxy groups -OCH3 is 1. The Hall–Kier alpha value is -2.16. The summed E-state index contributed by atoms with van der Waals surface area (Å²) < 4.78 is 10.8. The van der Waals surface area contributed by atoms with E-state index in [0.717, 1.165) is 30.2 Å². The van der Waals surface area contributed by atoms with Crippen LogP contribution in [0.3, 0.4) is 0 Å². The van der Waals surface area contributed by atoms with Gasteiger partial charge in [0.25, 0.3) is 0 Å². The first-order valence-corrected chi connectivity index (χ1v) is 6.44. The van der Waals surface area contributed by atoms with E-state index < -0.39 is 0 Å². The highest BCUT2D eigenvalue weighted by molar-refractivity contribution is 5.47. The Kier molecular flexibility index (Phi) is 5.11. The topological polar surface area (TPSA) is 30.5 Å². The third-order valence-corrected chi connectivity index (χ3v) is 2.73.